The zero-order chi connectivity index (χ0) is 9.14. The minimum atomic E-state index is -0.318. The van der Waals surface area contributed by atoms with Gasteiger partial charge in [-0.25, -0.2) is 0 Å². The molecule has 0 aliphatic carbocycles. The zero-order valence-electron chi connectivity index (χ0n) is 6.73. The molecule has 0 fully saturated rings. The molecule has 0 aliphatic heterocycles. The molecule has 0 spiro atoms. The summed E-state index contributed by atoms with van der Waals surface area (Å²) in [6.07, 6.45) is 0. The van der Waals surface area contributed by atoms with Gasteiger partial charge >= 0.3 is 0 Å². The summed E-state index contributed by atoms with van der Waals surface area (Å²) >= 11 is 0. The van der Waals surface area contributed by atoms with Crippen molar-refractivity contribution < 1.29 is 15.0 Å². The molecule has 0 saturated heterocycles. The molecular weight excluding hydrogens is 194 g/mol. The third-order valence-corrected chi connectivity index (χ3v) is 1.41. The van der Waals surface area contributed by atoms with Gasteiger partial charge in [0.25, 0.3) is 0 Å². The Labute approximate surface area is 81.4 Å². The molecule has 13 heavy (non-hydrogen) atoms. The van der Waals surface area contributed by atoms with Crippen molar-refractivity contribution in [1.29, 1.82) is 0 Å². The number of rotatable bonds is 2. The minimum Gasteiger partial charge on any atom is -0.508 e. The van der Waals surface area contributed by atoms with Gasteiger partial charge in [0.1, 0.15) is 11.5 Å². The number of carbonyl (C=O) groups is 1. The Hall–Kier alpha value is -1.26. The molecule has 1 aromatic carbocycles. The Morgan fingerprint density at radius 1 is 1.23 bits per heavy atom. The SMILES string of the molecule is Cl.NCC(=O)c1cc(O)cc(O)c1. The number of nitrogens with two attached hydrogens (primary N) is 1. The van der Waals surface area contributed by atoms with Crippen LogP contribution in [0.15, 0.2) is 18.2 Å². The van der Waals surface area contributed by atoms with Crippen LogP contribution >= 0.6 is 12.4 Å². The molecule has 0 saturated carbocycles. The summed E-state index contributed by atoms with van der Waals surface area (Å²) < 4.78 is 0. The van der Waals surface area contributed by atoms with Gasteiger partial charge in [0, 0.05) is 11.6 Å². The minimum absolute atomic E-state index is 0. The summed E-state index contributed by atoms with van der Waals surface area (Å²) in [5.74, 6) is -0.611. The van der Waals surface area contributed by atoms with Crippen molar-refractivity contribution in [3.8, 4) is 11.5 Å². The highest BCUT2D eigenvalue weighted by Crippen LogP contribution is 2.20. The smallest absolute Gasteiger partial charge is 0.176 e. The van der Waals surface area contributed by atoms with E-state index in [1.54, 1.807) is 0 Å². The molecule has 0 bridgehead atoms. The highest BCUT2D eigenvalue weighted by Gasteiger charge is 2.05. The van der Waals surface area contributed by atoms with E-state index in [1.165, 1.54) is 12.1 Å². The number of phenolic OH excluding ortho intramolecular Hbond substituents is 2. The predicted octanol–water partition coefficient (Wildman–Crippen LogP) is 0.661. The van der Waals surface area contributed by atoms with Crippen molar-refractivity contribution in [1.82, 2.24) is 0 Å². The van der Waals surface area contributed by atoms with E-state index in [-0.39, 0.29) is 41.8 Å². The normalized spacial score (nSPS) is 9.00. The maximum Gasteiger partial charge on any atom is 0.176 e. The fraction of sp³-hybridized carbons (Fsp3) is 0.125. The topological polar surface area (TPSA) is 83.6 Å². The van der Waals surface area contributed by atoms with Gasteiger partial charge in [0.15, 0.2) is 5.78 Å². The monoisotopic (exact) mass is 203 g/mol. The van der Waals surface area contributed by atoms with E-state index < -0.39 is 0 Å². The van der Waals surface area contributed by atoms with Crippen molar-refractivity contribution in [2.24, 2.45) is 5.73 Å². The van der Waals surface area contributed by atoms with Gasteiger partial charge in [-0.1, -0.05) is 0 Å². The molecule has 0 heterocycles. The van der Waals surface area contributed by atoms with Gasteiger partial charge < -0.3 is 15.9 Å². The second-order valence-corrected chi connectivity index (χ2v) is 2.37. The molecular formula is C8H10ClNO3. The first-order valence-corrected chi connectivity index (χ1v) is 3.40. The van der Waals surface area contributed by atoms with Crippen LogP contribution < -0.4 is 5.73 Å². The van der Waals surface area contributed by atoms with Crippen LogP contribution in [0.2, 0.25) is 0 Å². The summed E-state index contributed by atoms with van der Waals surface area (Å²) in [7, 11) is 0. The number of benzene rings is 1. The van der Waals surface area contributed by atoms with Crippen LogP contribution in [-0.2, 0) is 0 Å². The lowest BCUT2D eigenvalue weighted by atomic mass is 10.1. The fourth-order valence-electron chi connectivity index (χ4n) is 0.874. The number of ketones is 1. The van der Waals surface area contributed by atoms with E-state index in [0.717, 1.165) is 6.07 Å². The Morgan fingerprint density at radius 2 is 1.69 bits per heavy atom. The first-order valence-electron chi connectivity index (χ1n) is 3.40. The average Bonchev–Trinajstić information content (AvgIpc) is 2.01. The summed E-state index contributed by atoms with van der Waals surface area (Å²) in [6.45, 7) is -0.136. The Bertz CT molecular complexity index is 294. The van der Waals surface area contributed by atoms with Gasteiger partial charge in [0.05, 0.1) is 6.54 Å². The van der Waals surface area contributed by atoms with Gasteiger partial charge in [0.2, 0.25) is 0 Å². The van der Waals surface area contributed by atoms with Crippen LogP contribution in [0.25, 0.3) is 0 Å². The van der Waals surface area contributed by atoms with Crippen molar-refractivity contribution in [3.63, 3.8) is 0 Å². The molecule has 72 valence electrons. The first kappa shape index (κ1) is 11.7. The highest BCUT2D eigenvalue weighted by atomic mass is 35.5. The van der Waals surface area contributed by atoms with E-state index in [2.05, 4.69) is 0 Å². The number of hydrogen-bond donors (Lipinski definition) is 3. The summed E-state index contributed by atoms with van der Waals surface area (Å²) in [4.78, 5) is 11.0. The number of hydrogen-bond acceptors (Lipinski definition) is 4. The highest BCUT2D eigenvalue weighted by molar-refractivity contribution is 5.98. The zero-order valence-corrected chi connectivity index (χ0v) is 7.54. The summed E-state index contributed by atoms with van der Waals surface area (Å²) in [5, 5.41) is 18.0. The van der Waals surface area contributed by atoms with Crippen LogP contribution in [0, 0.1) is 0 Å². The largest absolute Gasteiger partial charge is 0.508 e. The molecule has 0 radical (unpaired) electrons. The van der Waals surface area contributed by atoms with E-state index in [4.69, 9.17) is 15.9 Å². The Morgan fingerprint density at radius 3 is 2.08 bits per heavy atom. The Kier molecular flexibility index (Phi) is 4.23. The second kappa shape index (κ2) is 4.69. The standard InChI is InChI=1S/C8H9NO3.ClH/c9-4-8(12)5-1-6(10)3-7(11)2-5;/h1-3,10-11H,4,9H2;1H. The predicted molar refractivity (Wildman–Crippen MR) is 50.4 cm³/mol. The number of carbonyl (C=O) groups excluding carboxylic acids is 1. The molecule has 4 N–H and O–H groups in total. The molecule has 0 aliphatic rings. The number of aromatic hydroxyl groups is 2. The van der Waals surface area contributed by atoms with E-state index in [0.29, 0.717) is 0 Å². The van der Waals surface area contributed by atoms with Crippen LogP contribution in [0.5, 0.6) is 11.5 Å². The molecule has 0 atom stereocenters. The number of Topliss-reactive ketones (excluding diaryl/α,β-unsaturated/α-hetero) is 1. The van der Waals surface area contributed by atoms with Gasteiger partial charge in [-0.2, -0.15) is 0 Å². The van der Waals surface area contributed by atoms with Gasteiger partial charge in [-0.3, -0.25) is 4.79 Å². The summed E-state index contributed by atoms with van der Waals surface area (Å²) in [6, 6.07) is 3.66. The van der Waals surface area contributed by atoms with Crippen LogP contribution in [0.3, 0.4) is 0 Å². The van der Waals surface area contributed by atoms with Crippen molar-refractivity contribution >= 4 is 18.2 Å². The Balaban J connectivity index is 0.00000144. The molecule has 5 heteroatoms. The quantitative estimate of drug-likeness (QED) is 0.617. The van der Waals surface area contributed by atoms with Crippen LogP contribution in [-0.4, -0.2) is 22.5 Å². The number of phenols is 2. The van der Waals surface area contributed by atoms with E-state index in [9.17, 15) is 4.79 Å². The maximum absolute atomic E-state index is 11.0. The lowest BCUT2D eigenvalue weighted by Crippen LogP contribution is -2.13. The molecule has 4 nitrogen and oxygen atoms in total. The van der Waals surface area contributed by atoms with Crippen LogP contribution in [0.4, 0.5) is 0 Å². The third kappa shape index (κ3) is 2.93. The number of halogens is 1. The molecule has 0 unspecified atom stereocenters. The summed E-state index contributed by atoms with van der Waals surface area (Å²) in [5.41, 5.74) is 5.31. The van der Waals surface area contributed by atoms with E-state index >= 15 is 0 Å². The van der Waals surface area contributed by atoms with Crippen molar-refractivity contribution in [2.45, 2.75) is 0 Å². The van der Waals surface area contributed by atoms with Gasteiger partial charge in [-0.15, -0.1) is 12.4 Å². The van der Waals surface area contributed by atoms with Crippen LogP contribution in [0.1, 0.15) is 10.4 Å². The molecule has 1 rings (SSSR count). The van der Waals surface area contributed by atoms with Gasteiger partial charge in [-0.05, 0) is 12.1 Å². The first-order chi connectivity index (χ1) is 5.63. The lowest BCUT2D eigenvalue weighted by molar-refractivity contribution is 0.100. The van der Waals surface area contributed by atoms with Crippen molar-refractivity contribution in [2.75, 3.05) is 6.54 Å². The third-order valence-electron chi connectivity index (χ3n) is 1.41. The maximum atomic E-state index is 11.0. The van der Waals surface area contributed by atoms with E-state index in [1.807, 2.05) is 0 Å². The molecule has 0 amide bonds. The fourth-order valence-corrected chi connectivity index (χ4v) is 0.874. The lowest BCUT2D eigenvalue weighted by Gasteiger charge is -1.99. The molecule has 0 aromatic heterocycles. The molecule has 1 aromatic rings. The average molecular weight is 204 g/mol. The second-order valence-electron chi connectivity index (χ2n) is 2.37. The van der Waals surface area contributed by atoms with Crippen molar-refractivity contribution in [3.05, 3.63) is 23.8 Å².